The summed E-state index contributed by atoms with van der Waals surface area (Å²) in [6.45, 7) is 0.973. The molecule has 0 radical (unpaired) electrons. The van der Waals surface area contributed by atoms with Crippen LogP contribution in [-0.2, 0) is 6.42 Å². The normalized spacial score (nSPS) is 9.33. The minimum absolute atomic E-state index is 0. The van der Waals surface area contributed by atoms with E-state index in [2.05, 4.69) is 16.4 Å². The van der Waals surface area contributed by atoms with Crippen LogP contribution in [0.2, 0.25) is 0 Å². The van der Waals surface area contributed by atoms with Crippen molar-refractivity contribution in [1.29, 1.82) is 0 Å². The summed E-state index contributed by atoms with van der Waals surface area (Å²) in [6.07, 6.45) is 8.46. The van der Waals surface area contributed by atoms with Crippen LogP contribution in [0, 0.1) is 0 Å². The number of aryl methyl sites for hydroxylation is 1. The third kappa shape index (κ3) is 7.21. The van der Waals surface area contributed by atoms with E-state index >= 15 is 0 Å². The summed E-state index contributed by atoms with van der Waals surface area (Å²) in [5.41, 5.74) is 9.04. The highest BCUT2D eigenvalue weighted by atomic mass is 35.5. The van der Waals surface area contributed by atoms with Gasteiger partial charge in [0.05, 0.1) is 11.4 Å². The molecule has 2 aromatic rings. The van der Waals surface area contributed by atoms with E-state index in [9.17, 15) is 0 Å². The third-order valence-corrected chi connectivity index (χ3v) is 3.14. The van der Waals surface area contributed by atoms with Crippen LogP contribution >= 0.6 is 24.8 Å². The molecule has 0 spiro atoms. The third-order valence-electron chi connectivity index (χ3n) is 3.14. The fraction of sp³-hybridized carbons (Fsp3) is 0.312. The van der Waals surface area contributed by atoms with Crippen LogP contribution in [0.3, 0.4) is 0 Å². The highest BCUT2D eigenvalue weighted by molar-refractivity contribution is 5.85. The van der Waals surface area contributed by atoms with Crippen molar-refractivity contribution >= 4 is 36.2 Å². The molecule has 0 saturated carbocycles. The molecule has 0 unspecified atom stereocenters. The molecule has 3 nitrogen and oxygen atoms in total. The van der Waals surface area contributed by atoms with Gasteiger partial charge in [-0.15, -0.1) is 24.8 Å². The van der Waals surface area contributed by atoms with Gasteiger partial charge in [-0.25, -0.2) is 0 Å². The number of hydrogen-bond donors (Lipinski definition) is 2. The van der Waals surface area contributed by atoms with Crippen LogP contribution in [0.5, 0.6) is 0 Å². The summed E-state index contributed by atoms with van der Waals surface area (Å²) < 4.78 is 0. The van der Waals surface area contributed by atoms with Gasteiger partial charge in [0.25, 0.3) is 0 Å². The second-order valence-electron chi connectivity index (χ2n) is 4.69. The van der Waals surface area contributed by atoms with Gasteiger partial charge in [0, 0.05) is 18.9 Å². The largest absolute Gasteiger partial charge is 0.397 e. The van der Waals surface area contributed by atoms with Crippen LogP contribution in [0.15, 0.2) is 48.8 Å². The van der Waals surface area contributed by atoms with Gasteiger partial charge in [-0.1, -0.05) is 24.6 Å². The highest BCUT2D eigenvalue weighted by Gasteiger charge is 1.96. The molecule has 0 amide bonds. The van der Waals surface area contributed by atoms with Crippen molar-refractivity contribution in [3.8, 4) is 0 Å². The first-order chi connectivity index (χ1) is 9.36. The summed E-state index contributed by atoms with van der Waals surface area (Å²) >= 11 is 0. The summed E-state index contributed by atoms with van der Waals surface area (Å²) in [5.74, 6) is 0. The fourth-order valence-corrected chi connectivity index (χ4v) is 2.06. The molecule has 3 N–H and O–H groups in total. The lowest BCUT2D eigenvalue weighted by molar-refractivity contribution is 0.697. The number of nitrogens with zero attached hydrogens (tertiary/aromatic N) is 1. The number of aromatic nitrogens is 1. The van der Waals surface area contributed by atoms with E-state index in [0.717, 1.165) is 30.8 Å². The minimum atomic E-state index is 0. The van der Waals surface area contributed by atoms with Crippen LogP contribution in [0.4, 0.5) is 11.4 Å². The standard InChI is InChI=1S/C16H21N3.2ClH/c17-15-9-3-4-10-16(15)19-12-5-1-2-7-14-8-6-11-18-13-14;;/h3-4,6,8-11,13,19H,1-2,5,7,12,17H2;2*1H. The minimum Gasteiger partial charge on any atom is -0.397 e. The first kappa shape index (κ1) is 19.6. The van der Waals surface area contributed by atoms with Crippen molar-refractivity contribution in [2.24, 2.45) is 0 Å². The lowest BCUT2D eigenvalue weighted by atomic mass is 10.1. The molecule has 5 heteroatoms. The number of para-hydroxylation sites is 2. The molecule has 1 heterocycles. The number of halogens is 2. The van der Waals surface area contributed by atoms with Crippen molar-refractivity contribution in [3.05, 3.63) is 54.4 Å². The van der Waals surface area contributed by atoms with Crippen molar-refractivity contribution in [1.82, 2.24) is 4.98 Å². The molecule has 0 fully saturated rings. The van der Waals surface area contributed by atoms with Gasteiger partial charge in [0.1, 0.15) is 0 Å². The van der Waals surface area contributed by atoms with E-state index in [4.69, 9.17) is 5.73 Å². The zero-order valence-corrected chi connectivity index (χ0v) is 13.6. The molecule has 2 rings (SSSR count). The molecule has 0 saturated heterocycles. The quantitative estimate of drug-likeness (QED) is 0.587. The average Bonchev–Trinajstić information content (AvgIpc) is 2.45. The van der Waals surface area contributed by atoms with E-state index in [1.54, 1.807) is 0 Å². The van der Waals surface area contributed by atoms with Gasteiger partial charge in [-0.3, -0.25) is 4.98 Å². The topological polar surface area (TPSA) is 50.9 Å². The number of unbranched alkanes of at least 4 members (excludes halogenated alkanes) is 2. The fourth-order valence-electron chi connectivity index (χ4n) is 2.06. The predicted molar refractivity (Wildman–Crippen MR) is 95.6 cm³/mol. The van der Waals surface area contributed by atoms with E-state index in [0.29, 0.717) is 0 Å². The van der Waals surface area contributed by atoms with Gasteiger partial charge >= 0.3 is 0 Å². The van der Waals surface area contributed by atoms with Crippen molar-refractivity contribution in [2.45, 2.75) is 25.7 Å². The van der Waals surface area contributed by atoms with Gasteiger partial charge < -0.3 is 11.1 Å². The van der Waals surface area contributed by atoms with Crippen LogP contribution in [0.25, 0.3) is 0 Å². The molecule has 0 aliphatic heterocycles. The molecule has 1 aromatic heterocycles. The Morgan fingerprint density at radius 3 is 2.48 bits per heavy atom. The molecule has 0 aliphatic rings. The molecular formula is C16H23Cl2N3. The Balaban J connectivity index is 0.00000200. The van der Waals surface area contributed by atoms with Gasteiger partial charge in [-0.2, -0.15) is 0 Å². The van der Waals surface area contributed by atoms with Crippen molar-refractivity contribution in [2.75, 3.05) is 17.6 Å². The SMILES string of the molecule is Cl.Cl.Nc1ccccc1NCCCCCc1cccnc1. The Bertz CT molecular complexity index is 492. The summed E-state index contributed by atoms with van der Waals surface area (Å²) in [4.78, 5) is 4.12. The highest BCUT2D eigenvalue weighted by Crippen LogP contribution is 2.16. The number of benzene rings is 1. The molecular weight excluding hydrogens is 305 g/mol. The van der Waals surface area contributed by atoms with Gasteiger partial charge in [0.2, 0.25) is 0 Å². The number of nitrogens with two attached hydrogens (primary N) is 1. The number of nitrogen functional groups attached to an aromatic ring is 1. The number of nitrogens with one attached hydrogen (secondary N) is 1. The Kier molecular flexibility index (Phi) is 10.5. The molecule has 0 bridgehead atoms. The average molecular weight is 328 g/mol. The second-order valence-corrected chi connectivity index (χ2v) is 4.69. The number of hydrogen-bond acceptors (Lipinski definition) is 3. The molecule has 0 aliphatic carbocycles. The smallest absolute Gasteiger partial charge is 0.0573 e. The summed E-state index contributed by atoms with van der Waals surface area (Å²) in [5, 5.41) is 3.37. The molecule has 116 valence electrons. The number of pyridine rings is 1. The zero-order valence-electron chi connectivity index (χ0n) is 12.0. The predicted octanol–water partition coefficient (Wildman–Crippen LogP) is 4.33. The number of anilines is 2. The summed E-state index contributed by atoms with van der Waals surface area (Å²) in [6, 6.07) is 12.0. The number of rotatable bonds is 7. The van der Waals surface area contributed by atoms with Crippen LogP contribution < -0.4 is 11.1 Å². The van der Waals surface area contributed by atoms with E-state index in [1.807, 2.05) is 42.7 Å². The first-order valence-electron chi connectivity index (χ1n) is 6.83. The monoisotopic (exact) mass is 327 g/mol. The van der Waals surface area contributed by atoms with E-state index < -0.39 is 0 Å². The van der Waals surface area contributed by atoms with E-state index in [-0.39, 0.29) is 24.8 Å². The molecule has 1 aromatic carbocycles. The van der Waals surface area contributed by atoms with Crippen LogP contribution in [0.1, 0.15) is 24.8 Å². The lowest BCUT2D eigenvalue weighted by Crippen LogP contribution is -2.04. The Morgan fingerprint density at radius 2 is 1.76 bits per heavy atom. The Hall–Kier alpha value is -1.45. The van der Waals surface area contributed by atoms with Gasteiger partial charge in [-0.05, 0) is 43.0 Å². The van der Waals surface area contributed by atoms with Gasteiger partial charge in [0.15, 0.2) is 0 Å². The maximum Gasteiger partial charge on any atom is 0.0573 e. The second kappa shape index (κ2) is 11.2. The Morgan fingerprint density at radius 1 is 0.952 bits per heavy atom. The zero-order chi connectivity index (χ0) is 13.3. The molecule has 21 heavy (non-hydrogen) atoms. The van der Waals surface area contributed by atoms with Crippen molar-refractivity contribution < 1.29 is 0 Å². The van der Waals surface area contributed by atoms with Crippen molar-refractivity contribution in [3.63, 3.8) is 0 Å². The molecule has 0 atom stereocenters. The lowest BCUT2D eigenvalue weighted by Gasteiger charge is -2.08. The van der Waals surface area contributed by atoms with Crippen LogP contribution in [-0.4, -0.2) is 11.5 Å². The Labute approximate surface area is 139 Å². The summed E-state index contributed by atoms with van der Waals surface area (Å²) in [7, 11) is 0. The maximum atomic E-state index is 5.87. The maximum absolute atomic E-state index is 5.87. The van der Waals surface area contributed by atoms with E-state index in [1.165, 1.54) is 18.4 Å². The first-order valence-corrected chi connectivity index (χ1v) is 6.83.